The number of carbonyl (C=O) groups is 3. The minimum atomic E-state index is -1.13. The number of pyridine rings is 2. The van der Waals surface area contributed by atoms with E-state index in [1.807, 2.05) is 37.3 Å². The molecule has 0 bridgehead atoms. The second-order valence-corrected chi connectivity index (χ2v) is 12.5. The zero-order chi connectivity index (χ0) is 39.7. The third-order valence-electron chi connectivity index (χ3n) is 8.46. The molecular formula is C42H45F2N5O6. The van der Waals surface area contributed by atoms with E-state index in [1.54, 1.807) is 56.6 Å². The fourth-order valence-corrected chi connectivity index (χ4v) is 5.63. The average Bonchev–Trinajstić information content (AvgIpc) is 3.18. The molecule has 55 heavy (non-hydrogen) atoms. The summed E-state index contributed by atoms with van der Waals surface area (Å²) in [5, 5.41) is 12.5. The van der Waals surface area contributed by atoms with Crippen LogP contribution in [0.15, 0.2) is 103 Å². The number of carboxylic acids is 1. The summed E-state index contributed by atoms with van der Waals surface area (Å²) in [6.07, 6.45) is 4.60. The fraction of sp³-hybridized carbons (Fsp3) is 0.262. The predicted octanol–water partition coefficient (Wildman–Crippen LogP) is 8.10. The molecule has 11 nitrogen and oxygen atoms in total. The number of nitrogens with one attached hydrogen (secondary N) is 1. The normalized spacial score (nSPS) is 11.1. The number of benzene rings is 3. The van der Waals surface area contributed by atoms with E-state index < -0.39 is 18.0 Å². The Morgan fingerprint density at radius 1 is 0.818 bits per heavy atom. The summed E-state index contributed by atoms with van der Waals surface area (Å²) in [6.45, 7) is 5.11. The number of carboxylic acid groups (broad SMARTS) is 1. The first-order valence-electron chi connectivity index (χ1n) is 17.8. The molecule has 0 spiro atoms. The van der Waals surface area contributed by atoms with Crippen LogP contribution in [0.3, 0.4) is 0 Å². The molecule has 3 aromatic carbocycles. The molecule has 0 aliphatic heterocycles. The molecule has 1 atom stereocenters. The van der Waals surface area contributed by atoms with Gasteiger partial charge in [0, 0.05) is 38.4 Å². The van der Waals surface area contributed by atoms with Gasteiger partial charge in [0.25, 0.3) is 0 Å². The number of nitrogens with zero attached hydrogens (tertiary/aromatic N) is 3. The molecular weight excluding hydrogens is 708 g/mol. The van der Waals surface area contributed by atoms with Crippen LogP contribution >= 0.6 is 0 Å². The van der Waals surface area contributed by atoms with E-state index in [2.05, 4.69) is 15.3 Å². The molecule has 0 radical (unpaired) electrons. The van der Waals surface area contributed by atoms with Crippen LogP contribution in [0.4, 0.5) is 25.0 Å². The molecule has 5 rings (SSSR count). The van der Waals surface area contributed by atoms with E-state index in [4.69, 9.17) is 15.2 Å². The van der Waals surface area contributed by atoms with E-state index >= 15 is 0 Å². The van der Waals surface area contributed by atoms with E-state index in [-0.39, 0.29) is 47.8 Å². The van der Waals surface area contributed by atoms with E-state index in [9.17, 15) is 28.3 Å². The van der Waals surface area contributed by atoms with Gasteiger partial charge < -0.3 is 30.5 Å². The summed E-state index contributed by atoms with van der Waals surface area (Å²) >= 11 is 0. The lowest BCUT2D eigenvalue weighted by molar-refractivity contribution is 0.0520. The Morgan fingerprint density at radius 3 is 2.09 bits per heavy atom. The zero-order valence-corrected chi connectivity index (χ0v) is 31.0. The number of amides is 1. The third kappa shape index (κ3) is 12.6. The summed E-state index contributed by atoms with van der Waals surface area (Å²) in [5.41, 5.74) is 11.1. The van der Waals surface area contributed by atoms with Gasteiger partial charge in [-0.2, -0.15) is 0 Å². The average molecular weight is 754 g/mol. The lowest BCUT2D eigenvalue weighted by atomic mass is 9.90. The molecule has 0 saturated heterocycles. The zero-order valence-electron chi connectivity index (χ0n) is 31.0. The SMILES string of the molecule is CCOC(=O)c1ncc(C(CC)c2ccc(F)cc2)cc1N.CN(CCCNc1cc(Cc2ccc(F)cc2)cnc1C(=O)O)C(=O)OCc1ccccc1. The molecule has 2 aromatic heterocycles. The molecule has 0 saturated carbocycles. The minimum Gasteiger partial charge on any atom is -0.476 e. The number of hydrogen-bond acceptors (Lipinski definition) is 9. The second kappa shape index (κ2) is 20.8. The maximum Gasteiger partial charge on any atom is 0.409 e. The van der Waals surface area contributed by atoms with Crippen molar-refractivity contribution in [2.45, 2.75) is 45.6 Å². The number of nitrogen functional groups attached to an aromatic ring is 1. The largest absolute Gasteiger partial charge is 0.476 e. The number of rotatable bonds is 15. The molecule has 2 heterocycles. The van der Waals surface area contributed by atoms with E-state index in [0.717, 1.165) is 34.2 Å². The van der Waals surface area contributed by atoms with Crippen molar-refractivity contribution in [2.24, 2.45) is 0 Å². The minimum absolute atomic E-state index is 0.0478. The van der Waals surface area contributed by atoms with Gasteiger partial charge in [0.2, 0.25) is 0 Å². The molecule has 288 valence electrons. The van der Waals surface area contributed by atoms with Crippen molar-refractivity contribution in [3.8, 4) is 0 Å². The number of carbonyl (C=O) groups excluding carboxylic acids is 2. The summed E-state index contributed by atoms with van der Waals surface area (Å²) in [4.78, 5) is 45.1. The van der Waals surface area contributed by atoms with Crippen LogP contribution in [0.5, 0.6) is 0 Å². The molecule has 0 aliphatic rings. The Bertz CT molecular complexity index is 2010. The van der Waals surface area contributed by atoms with Gasteiger partial charge in [0.05, 0.1) is 18.0 Å². The van der Waals surface area contributed by atoms with Crippen LogP contribution < -0.4 is 11.1 Å². The quantitative estimate of drug-likeness (QED) is 0.0705. The highest BCUT2D eigenvalue weighted by Gasteiger charge is 2.18. The maximum atomic E-state index is 13.1. The first kappa shape index (κ1) is 41.4. The van der Waals surface area contributed by atoms with Crippen molar-refractivity contribution in [3.05, 3.63) is 154 Å². The topological polar surface area (TPSA) is 157 Å². The number of anilines is 2. The van der Waals surface area contributed by atoms with Crippen molar-refractivity contribution in [3.63, 3.8) is 0 Å². The first-order valence-corrected chi connectivity index (χ1v) is 17.8. The highest BCUT2D eigenvalue weighted by Crippen LogP contribution is 2.29. The van der Waals surface area contributed by atoms with Gasteiger partial charge >= 0.3 is 18.0 Å². The number of aromatic nitrogens is 2. The van der Waals surface area contributed by atoms with Crippen molar-refractivity contribution < 1.29 is 37.7 Å². The summed E-state index contributed by atoms with van der Waals surface area (Å²) < 4.78 is 36.4. The fourth-order valence-electron chi connectivity index (χ4n) is 5.63. The van der Waals surface area contributed by atoms with Gasteiger partial charge in [0.15, 0.2) is 11.4 Å². The molecule has 5 aromatic rings. The van der Waals surface area contributed by atoms with Crippen LogP contribution in [0.1, 0.15) is 81.4 Å². The predicted molar refractivity (Wildman–Crippen MR) is 206 cm³/mol. The highest BCUT2D eigenvalue weighted by molar-refractivity contribution is 5.93. The lowest BCUT2D eigenvalue weighted by Crippen LogP contribution is -2.29. The van der Waals surface area contributed by atoms with Gasteiger partial charge in [-0.15, -0.1) is 0 Å². The number of nitrogens with two attached hydrogens (primary N) is 1. The number of aromatic carboxylic acids is 1. The number of halogens is 2. The van der Waals surface area contributed by atoms with Crippen LogP contribution in [0.2, 0.25) is 0 Å². The highest BCUT2D eigenvalue weighted by atomic mass is 19.1. The Labute approximate surface area is 319 Å². The molecule has 4 N–H and O–H groups in total. The van der Waals surface area contributed by atoms with E-state index in [0.29, 0.717) is 31.6 Å². The molecule has 1 unspecified atom stereocenters. The van der Waals surface area contributed by atoms with Gasteiger partial charge in [-0.05, 0) is 90.4 Å². The summed E-state index contributed by atoms with van der Waals surface area (Å²) in [5.74, 6) is -2.19. The van der Waals surface area contributed by atoms with Gasteiger partial charge in [-0.1, -0.05) is 61.5 Å². The monoisotopic (exact) mass is 753 g/mol. The standard InChI is InChI=1S/C25H26FN3O4.C17H19FN2O2/c1-29(25(32)33-17-19-6-3-2-4-7-19)13-5-12-27-22-15-20(16-28-23(22)24(30)31)14-18-8-10-21(26)11-9-18;1-3-14(11-5-7-13(18)8-6-11)12-9-15(19)16(20-10-12)17(21)22-4-2/h2-4,6-11,15-16,27H,5,12-14,17H2,1H3,(H,30,31);5-10,14H,3-4,19H2,1-2H3. The molecule has 1 amide bonds. The second-order valence-electron chi connectivity index (χ2n) is 12.5. The van der Waals surface area contributed by atoms with E-state index in [1.165, 1.54) is 35.4 Å². The lowest BCUT2D eigenvalue weighted by Gasteiger charge is -2.17. The van der Waals surface area contributed by atoms with Crippen LogP contribution in [0.25, 0.3) is 0 Å². The van der Waals surface area contributed by atoms with Crippen molar-refractivity contribution in [2.75, 3.05) is 37.8 Å². The summed E-state index contributed by atoms with van der Waals surface area (Å²) in [7, 11) is 1.65. The Kier molecular flexibility index (Phi) is 15.6. The Balaban J connectivity index is 0.000000265. The van der Waals surface area contributed by atoms with Crippen molar-refractivity contribution >= 4 is 29.4 Å². The van der Waals surface area contributed by atoms with Gasteiger partial charge in [-0.25, -0.2) is 33.1 Å². The number of ether oxygens (including phenoxy) is 2. The number of esters is 1. The number of hydrogen-bond donors (Lipinski definition) is 3. The molecule has 0 aliphatic carbocycles. The summed E-state index contributed by atoms with van der Waals surface area (Å²) in [6, 6.07) is 25.4. The Hall–Kier alpha value is -6.37. The van der Waals surface area contributed by atoms with Gasteiger partial charge in [0.1, 0.15) is 18.2 Å². The van der Waals surface area contributed by atoms with Gasteiger partial charge in [-0.3, -0.25) is 0 Å². The van der Waals surface area contributed by atoms with Crippen molar-refractivity contribution in [1.82, 2.24) is 14.9 Å². The van der Waals surface area contributed by atoms with Crippen LogP contribution in [-0.4, -0.2) is 64.8 Å². The maximum absolute atomic E-state index is 13.1. The Morgan fingerprint density at radius 2 is 1.47 bits per heavy atom. The smallest absolute Gasteiger partial charge is 0.409 e. The van der Waals surface area contributed by atoms with Crippen LogP contribution in [-0.2, 0) is 22.5 Å². The van der Waals surface area contributed by atoms with Crippen molar-refractivity contribution in [1.29, 1.82) is 0 Å². The first-order chi connectivity index (χ1) is 26.5. The molecule has 13 heteroatoms. The van der Waals surface area contributed by atoms with Crippen LogP contribution in [0, 0.1) is 11.6 Å². The third-order valence-corrected chi connectivity index (χ3v) is 8.46. The molecule has 0 fully saturated rings.